The number of hydrogen-bond acceptors (Lipinski definition) is 7. The Labute approximate surface area is 151 Å². The zero-order valence-electron chi connectivity index (χ0n) is 14.4. The van der Waals surface area contributed by atoms with Gasteiger partial charge < -0.3 is 22.1 Å². The Morgan fingerprint density at radius 3 is 2.77 bits per heavy atom. The van der Waals surface area contributed by atoms with Crippen LogP contribution in [0.1, 0.15) is 41.7 Å². The van der Waals surface area contributed by atoms with Crippen LogP contribution in [0.2, 0.25) is 0 Å². The minimum atomic E-state index is -0.387. The van der Waals surface area contributed by atoms with Gasteiger partial charge in [-0.25, -0.2) is 9.37 Å². The third kappa shape index (κ3) is 4.14. The maximum absolute atomic E-state index is 13.4. The number of carbonyl (C=O) groups is 1. The van der Waals surface area contributed by atoms with Crippen molar-refractivity contribution in [2.75, 3.05) is 10.6 Å². The highest BCUT2D eigenvalue weighted by molar-refractivity contribution is 5.86. The Hall–Kier alpha value is -2.58. The van der Waals surface area contributed by atoms with Crippen molar-refractivity contribution >= 4 is 23.7 Å². The highest BCUT2D eigenvalue weighted by Crippen LogP contribution is 2.24. The van der Waals surface area contributed by atoms with Gasteiger partial charge in [0.2, 0.25) is 5.95 Å². The van der Waals surface area contributed by atoms with Crippen LogP contribution in [0.25, 0.3) is 0 Å². The summed E-state index contributed by atoms with van der Waals surface area (Å²) in [5.41, 5.74) is 13.1. The topological polar surface area (TPSA) is 119 Å². The summed E-state index contributed by atoms with van der Waals surface area (Å²) in [5, 5.41) is 6.24. The van der Waals surface area contributed by atoms with Crippen molar-refractivity contribution < 1.29 is 9.18 Å². The number of rotatable bonds is 6. The fraction of sp³-hybridized carbons (Fsp3) is 0.389. The molecule has 26 heavy (non-hydrogen) atoms. The van der Waals surface area contributed by atoms with Gasteiger partial charge in [0.1, 0.15) is 11.6 Å². The number of benzene rings is 1. The van der Waals surface area contributed by atoms with Crippen LogP contribution in [-0.2, 0) is 6.54 Å². The molecule has 0 radical (unpaired) electrons. The van der Waals surface area contributed by atoms with Crippen molar-refractivity contribution in [3.63, 3.8) is 0 Å². The second kappa shape index (κ2) is 8.20. The van der Waals surface area contributed by atoms with Gasteiger partial charge in [-0.2, -0.15) is 4.98 Å². The number of aldehydes is 1. The van der Waals surface area contributed by atoms with Crippen molar-refractivity contribution in [1.82, 2.24) is 9.97 Å². The van der Waals surface area contributed by atoms with E-state index in [0.29, 0.717) is 23.6 Å². The molecule has 0 aliphatic heterocycles. The number of nitrogens with one attached hydrogen (secondary N) is 2. The normalized spacial score (nSPS) is 19.8. The zero-order valence-corrected chi connectivity index (χ0v) is 14.4. The molecule has 3 rings (SSSR count). The number of nitrogens with two attached hydrogens (primary N) is 2. The van der Waals surface area contributed by atoms with E-state index in [-0.39, 0.29) is 35.8 Å². The number of hydrogen-bond donors (Lipinski definition) is 4. The predicted octanol–water partition coefficient (Wildman–Crippen LogP) is 2.31. The first kappa shape index (κ1) is 18.2. The van der Waals surface area contributed by atoms with Gasteiger partial charge in [0, 0.05) is 24.3 Å². The van der Waals surface area contributed by atoms with Crippen LogP contribution >= 0.6 is 0 Å². The minimum Gasteiger partial charge on any atom is -0.350 e. The highest BCUT2D eigenvalue weighted by Gasteiger charge is 2.23. The minimum absolute atomic E-state index is 0.0269. The van der Waals surface area contributed by atoms with Crippen LogP contribution in [0, 0.1) is 5.82 Å². The maximum atomic E-state index is 13.4. The number of carbonyl (C=O) groups excluding carboxylic acids is 1. The van der Waals surface area contributed by atoms with E-state index >= 15 is 0 Å². The Morgan fingerprint density at radius 2 is 2.08 bits per heavy atom. The van der Waals surface area contributed by atoms with Crippen molar-refractivity contribution in [3.05, 3.63) is 41.3 Å². The molecule has 1 aliphatic carbocycles. The third-order valence-electron chi connectivity index (χ3n) is 4.56. The van der Waals surface area contributed by atoms with E-state index in [1.165, 1.54) is 12.1 Å². The molecule has 7 nitrogen and oxygen atoms in total. The van der Waals surface area contributed by atoms with Crippen molar-refractivity contribution in [3.8, 4) is 0 Å². The van der Waals surface area contributed by atoms with Crippen molar-refractivity contribution in [1.29, 1.82) is 0 Å². The molecular weight excluding hydrogens is 335 g/mol. The molecule has 138 valence electrons. The van der Waals surface area contributed by atoms with Crippen LogP contribution < -0.4 is 22.1 Å². The monoisotopic (exact) mass is 358 g/mol. The fourth-order valence-corrected chi connectivity index (χ4v) is 3.16. The lowest BCUT2D eigenvalue weighted by Gasteiger charge is -2.29. The molecule has 1 aliphatic rings. The molecule has 6 N–H and O–H groups in total. The van der Waals surface area contributed by atoms with Crippen LogP contribution in [0.3, 0.4) is 0 Å². The molecule has 1 fully saturated rings. The summed E-state index contributed by atoms with van der Waals surface area (Å²) in [5.74, 6) is 0.257. The van der Waals surface area contributed by atoms with E-state index in [1.54, 1.807) is 12.1 Å². The first-order chi connectivity index (χ1) is 12.6. The summed E-state index contributed by atoms with van der Waals surface area (Å²) >= 11 is 0. The summed E-state index contributed by atoms with van der Waals surface area (Å²) in [6.07, 6.45) is 4.74. The molecule has 0 saturated heterocycles. The lowest BCUT2D eigenvalue weighted by molar-refractivity contribution is 0.112. The van der Waals surface area contributed by atoms with Gasteiger partial charge >= 0.3 is 0 Å². The van der Waals surface area contributed by atoms with Gasteiger partial charge in [-0.15, -0.1) is 0 Å². The zero-order chi connectivity index (χ0) is 18.5. The van der Waals surface area contributed by atoms with Crippen LogP contribution in [0.5, 0.6) is 0 Å². The average Bonchev–Trinajstić information content (AvgIpc) is 2.63. The molecule has 8 heteroatoms. The second-order valence-electron chi connectivity index (χ2n) is 6.41. The highest BCUT2D eigenvalue weighted by atomic mass is 19.1. The summed E-state index contributed by atoms with van der Waals surface area (Å²) in [4.78, 5) is 20.3. The first-order valence-electron chi connectivity index (χ1n) is 8.71. The SMILES string of the molecule is NCc1nc(N[C@@H]2CCCC[C@@H]2N)nc(Nc2cccc(F)c2)c1C=O. The average molecular weight is 358 g/mol. The Balaban J connectivity index is 1.92. The summed E-state index contributed by atoms with van der Waals surface area (Å²) in [6.45, 7) is 0.0832. The van der Waals surface area contributed by atoms with E-state index in [4.69, 9.17) is 11.5 Å². The molecule has 0 amide bonds. The van der Waals surface area contributed by atoms with Crippen LogP contribution in [-0.4, -0.2) is 28.3 Å². The van der Waals surface area contributed by atoms with Crippen LogP contribution in [0.4, 0.5) is 21.8 Å². The van der Waals surface area contributed by atoms with E-state index < -0.39 is 0 Å². The lowest BCUT2D eigenvalue weighted by atomic mass is 9.91. The molecule has 1 aromatic heterocycles. The summed E-state index contributed by atoms with van der Waals surface area (Å²) in [6, 6.07) is 6.02. The van der Waals surface area contributed by atoms with Gasteiger partial charge in [-0.3, -0.25) is 4.79 Å². The fourth-order valence-electron chi connectivity index (χ4n) is 3.16. The molecular formula is C18H23FN6O. The number of halogens is 1. The Morgan fingerprint density at radius 1 is 1.27 bits per heavy atom. The third-order valence-corrected chi connectivity index (χ3v) is 4.56. The molecule has 2 aromatic rings. The molecule has 0 unspecified atom stereocenters. The van der Waals surface area contributed by atoms with Crippen molar-refractivity contribution in [2.45, 2.75) is 44.3 Å². The maximum Gasteiger partial charge on any atom is 0.225 e. The standard InChI is InChI=1S/C18H23FN6O/c19-11-4-3-5-12(8-11)22-17-13(10-26)16(9-20)24-18(25-17)23-15-7-2-1-6-14(15)21/h3-5,8,10,14-15H,1-2,6-7,9,20-21H2,(H2,22,23,24,25)/t14-,15+/m0/s1. The molecule has 0 spiro atoms. The number of anilines is 3. The summed E-state index contributed by atoms with van der Waals surface area (Å²) in [7, 11) is 0. The number of aromatic nitrogens is 2. The van der Waals surface area contributed by atoms with E-state index in [2.05, 4.69) is 20.6 Å². The lowest BCUT2D eigenvalue weighted by Crippen LogP contribution is -2.43. The molecule has 1 saturated carbocycles. The van der Waals surface area contributed by atoms with E-state index in [9.17, 15) is 9.18 Å². The Bertz CT molecular complexity index is 784. The van der Waals surface area contributed by atoms with E-state index in [1.807, 2.05) is 0 Å². The van der Waals surface area contributed by atoms with Crippen molar-refractivity contribution in [2.24, 2.45) is 11.5 Å². The molecule has 1 aromatic carbocycles. The smallest absolute Gasteiger partial charge is 0.225 e. The Kier molecular flexibility index (Phi) is 5.75. The number of nitrogens with zero attached hydrogens (tertiary/aromatic N) is 2. The predicted molar refractivity (Wildman–Crippen MR) is 98.8 cm³/mol. The van der Waals surface area contributed by atoms with E-state index in [0.717, 1.165) is 25.7 Å². The molecule has 0 bridgehead atoms. The molecule has 1 heterocycles. The first-order valence-corrected chi connectivity index (χ1v) is 8.71. The van der Waals surface area contributed by atoms with Crippen LogP contribution in [0.15, 0.2) is 24.3 Å². The quantitative estimate of drug-likeness (QED) is 0.585. The molecule has 2 atom stereocenters. The van der Waals surface area contributed by atoms with Gasteiger partial charge in [0.05, 0.1) is 11.3 Å². The van der Waals surface area contributed by atoms with Gasteiger partial charge in [0.25, 0.3) is 0 Å². The summed E-state index contributed by atoms with van der Waals surface area (Å²) < 4.78 is 13.4. The van der Waals surface area contributed by atoms with Gasteiger partial charge in [0.15, 0.2) is 6.29 Å². The second-order valence-corrected chi connectivity index (χ2v) is 6.41. The van der Waals surface area contributed by atoms with Gasteiger partial charge in [-0.1, -0.05) is 18.9 Å². The largest absolute Gasteiger partial charge is 0.350 e. The van der Waals surface area contributed by atoms with Gasteiger partial charge in [-0.05, 0) is 31.0 Å².